The third-order valence-electron chi connectivity index (χ3n) is 2.31. The number of hydrogen-bond acceptors (Lipinski definition) is 2. The lowest BCUT2D eigenvalue weighted by Gasteiger charge is -2.10. The molecule has 0 unspecified atom stereocenters. The van der Waals surface area contributed by atoms with Crippen LogP contribution in [0.5, 0.6) is 0 Å². The van der Waals surface area contributed by atoms with Crippen molar-refractivity contribution in [2.45, 2.75) is 13.3 Å². The average molecular weight is 251 g/mol. The summed E-state index contributed by atoms with van der Waals surface area (Å²) in [5, 5.41) is 8.86. The number of carbonyl (C=O) groups excluding carboxylic acids is 1. The van der Waals surface area contributed by atoms with Crippen molar-refractivity contribution in [3.05, 3.63) is 29.8 Å². The molecular weight excluding hydrogens is 234 g/mol. The first-order valence-corrected chi connectivity index (χ1v) is 5.91. The number of hydrogen-bond donors (Lipinski definition) is 3. The maximum absolute atomic E-state index is 11.6. The van der Waals surface area contributed by atoms with E-state index in [0.29, 0.717) is 5.11 Å². The summed E-state index contributed by atoms with van der Waals surface area (Å²) in [4.78, 5) is 11.6. The molecule has 3 N–H and O–H groups in total. The van der Waals surface area contributed by atoms with E-state index in [9.17, 15) is 4.79 Å². The first-order chi connectivity index (χ1) is 8.17. The Balaban J connectivity index is 2.53. The van der Waals surface area contributed by atoms with Gasteiger partial charge >= 0.3 is 0 Å². The van der Waals surface area contributed by atoms with E-state index in [-0.39, 0.29) is 12.5 Å². The molecule has 17 heavy (non-hydrogen) atoms. The molecule has 0 aromatic heterocycles. The predicted octanol–water partition coefficient (Wildman–Crippen LogP) is 1.28. The molecular formula is C12H17N3OS. The van der Waals surface area contributed by atoms with Crippen LogP contribution in [0.4, 0.5) is 5.69 Å². The molecule has 1 rings (SSSR count). The van der Waals surface area contributed by atoms with Gasteiger partial charge in [0, 0.05) is 12.7 Å². The molecule has 1 aromatic rings. The summed E-state index contributed by atoms with van der Waals surface area (Å²) in [6.45, 7) is 2.22. The maximum Gasteiger partial charge on any atom is 0.243 e. The van der Waals surface area contributed by atoms with Gasteiger partial charge in [0.25, 0.3) is 0 Å². The van der Waals surface area contributed by atoms with Gasteiger partial charge in [0.1, 0.15) is 0 Å². The Hall–Kier alpha value is -1.62. The van der Waals surface area contributed by atoms with Crippen LogP contribution in [-0.2, 0) is 11.2 Å². The minimum absolute atomic E-state index is 0.108. The Labute approximate surface area is 107 Å². The largest absolute Gasteiger partial charge is 0.366 e. The van der Waals surface area contributed by atoms with Gasteiger partial charge in [-0.05, 0) is 30.3 Å². The van der Waals surface area contributed by atoms with Gasteiger partial charge in [-0.25, -0.2) is 0 Å². The summed E-state index contributed by atoms with van der Waals surface area (Å²) < 4.78 is 0. The molecule has 0 saturated heterocycles. The van der Waals surface area contributed by atoms with Crippen molar-refractivity contribution in [2.75, 3.05) is 18.9 Å². The van der Waals surface area contributed by atoms with Crippen LogP contribution in [0.2, 0.25) is 0 Å². The second-order valence-corrected chi connectivity index (χ2v) is 3.90. The molecule has 0 aliphatic carbocycles. The van der Waals surface area contributed by atoms with Crippen LogP contribution in [0.25, 0.3) is 0 Å². The highest BCUT2D eigenvalue weighted by molar-refractivity contribution is 7.80. The van der Waals surface area contributed by atoms with Crippen LogP contribution >= 0.6 is 12.2 Å². The number of nitrogens with one attached hydrogen (secondary N) is 3. The summed E-state index contributed by atoms with van der Waals surface area (Å²) in [5.41, 5.74) is 1.98. The molecule has 0 aliphatic rings. The minimum atomic E-state index is -0.108. The molecule has 1 aromatic carbocycles. The van der Waals surface area contributed by atoms with Crippen LogP contribution in [-0.4, -0.2) is 24.6 Å². The van der Waals surface area contributed by atoms with E-state index in [1.165, 1.54) is 0 Å². The molecule has 5 heteroatoms. The van der Waals surface area contributed by atoms with Gasteiger partial charge in [-0.3, -0.25) is 4.79 Å². The highest BCUT2D eigenvalue weighted by Crippen LogP contribution is 2.14. The summed E-state index contributed by atoms with van der Waals surface area (Å²) in [6, 6.07) is 7.76. The molecule has 4 nitrogen and oxygen atoms in total. The molecule has 0 heterocycles. The van der Waals surface area contributed by atoms with E-state index in [4.69, 9.17) is 12.2 Å². The van der Waals surface area contributed by atoms with Gasteiger partial charge in [0.15, 0.2) is 5.11 Å². The first-order valence-electron chi connectivity index (χ1n) is 5.50. The normalized spacial score (nSPS) is 9.53. The summed E-state index contributed by atoms with van der Waals surface area (Å²) >= 11 is 4.88. The highest BCUT2D eigenvalue weighted by Gasteiger charge is 2.05. The van der Waals surface area contributed by atoms with E-state index >= 15 is 0 Å². The number of rotatable bonds is 4. The number of anilines is 1. The Bertz CT molecular complexity index is 406. The molecule has 0 aliphatic heterocycles. The average Bonchev–Trinajstić information content (AvgIpc) is 2.36. The molecule has 0 saturated carbocycles. The standard InChI is InChI=1S/C12H17N3OS/c1-3-9-6-4-5-7-10(9)15-11(16)8-14-12(17)13-2/h4-7H,3,8H2,1-2H3,(H,15,16)(H2,13,14,17). The van der Waals surface area contributed by atoms with Crippen LogP contribution in [0, 0.1) is 0 Å². The van der Waals surface area contributed by atoms with Crippen LogP contribution in [0.1, 0.15) is 12.5 Å². The van der Waals surface area contributed by atoms with Crippen molar-refractivity contribution in [1.29, 1.82) is 0 Å². The molecule has 0 atom stereocenters. The second kappa shape index (κ2) is 6.85. The highest BCUT2D eigenvalue weighted by atomic mass is 32.1. The van der Waals surface area contributed by atoms with Crippen molar-refractivity contribution < 1.29 is 4.79 Å². The van der Waals surface area contributed by atoms with Gasteiger partial charge in [0.05, 0.1) is 6.54 Å². The van der Waals surface area contributed by atoms with Crippen molar-refractivity contribution in [2.24, 2.45) is 0 Å². The van der Waals surface area contributed by atoms with Gasteiger partial charge in [-0.1, -0.05) is 25.1 Å². The maximum atomic E-state index is 11.6. The van der Waals surface area contributed by atoms with E-state index < -0.39 is 0 Å². The van der Waals surface area contributed by atoms with Gasteiger partial charge in [-0.2, -0.15) is 0 Å². The Kier molecular flexibility index (Phi) is 5.42. The monoisotopic (exact) mass is 251 g/mol. The number of para-hydroxylation sites is 1. The van der Waals surface area contributed by atoms with Crippen molar-refractivity contribution in [3.63, 3.8) is 0 Å². The number of thiocarbonyl (C=S) groups is 1. The van der Waals surface area contributed by atoms with Crippen LogP contribution in [0.15, 0.2) is 24.3 Å². The topological polar surface area (TPSA) is 53.2 Å². The first kappa shape index (κ1) is 13.4. The number of amides is 1. The smallest absolute Gasteiger partial charge is 0.243 e. The molecule has 0 fully saturated rings. The fourth-order valence-electron chi connectivity index (χ4n) is 1.39. The summed E-state index contributed by atoms with van der Waals surface area (Å²) in [7, 11) is 1.71. The van der Waals surface area contributed by atoms with Crippen LogP contribution < -0.4 is 16.0 Å². The van der Waals surface area contributed by atoms with Crippen molar-refractivity contribution in [3.8, 4) is 0 Å². The van der Waals surface area contributed by atoms with Gasteiger partial charge < -0.3 is 16.0 Å². The molecule has 0 bridgehead atoms. The quantitative estimate of drug-likeness (QED) is 0.706. The number of benzene rings is 1. The number of aryl methyl sites for hydroxylation is 1. The molecule has 1 amide bonds. The molecule has 0 spiro atoms. The van der Waals surface area contributed by atoms with E-state index in [1.807, 2.05) is 24.3 Å². The fraction of sp³-hybridized carbons (Fsp3) is 0.333. The van der Waals surface area contributed by atoms with Crippen molar-refractivity contribution >= 4 is 28.9 Å². The van der Waals surface area contributed by atoms with E-state index in [0.717, 1.165) is 17.7 Å². The Morgan fingerprint density at radius 1 is 1.35 bits per heavy atom. The third kappa shape index (κ3) is 4.40. The molecule has 92 valence electrons. The lowest BCUT2D eigenvalue weighted by molar-refractivity contribution is -0.115. The number of carbonyl (C=O) groups is 1. The van der Waals surface area contributed by atoms with Crippen molar-refractivity contribution in [1.82, 2.24) is 10.6 Å². The molecule has 0 radical (unpaired) electrons. The Morgan fingerprint density at radius 2 is 2.06 bits per heavy atom. The lowest BCUT2D eigenvalue weighted by Crippen LogP contribution is -2.38. The zero-order valence-corrected chi connectivity index (χ0v) is 10.9. The predicted molar refractivity (Wildman–Crippen MR) is 74.1 cm³/mol. The van der Waals surface area contributed by atoms with E-state index in [2.05, 4.69) is 22.9 Å². The second-order valence-electron chi connectivity index (χ2n) is 3.49. The van der Waals surface area contributed by atoms with E-state index in [1.54, 1.807) is 7.05 Å². The minimum Gasteiger partial charge on any atom is -0.366 e. The zero-order valence-electron chi connectivity index (χ0n) is 10.0. The van der Waals surface area contributed by atoms with Gasteiger partial charge in [0.2, 0.25) is 5.91 Å². The SMILES string of the molecule is CCc1ccccc1NC(=O)CNC(=S)NC. The third-order valence-corrected chi connectivity index (χ3v) is 2.66. The zero-order chi connectivity index (χ0) is 12.7. The van der Waals surface area contributed by atoms with Crippen LogP contribution in [0.3, 0.4) is 0 Å². The van der Waals surface area contributed by atoms with Gasteiger partial charge in [-0.15, -0.1) is 0 Å². The summed E-state index contributed by atoms with van der Waals surface area (Å²) in [5.74, 6) is -0.108. The Morgan fingerprint density at radius 3 is 2.71 bits per heavy atom. The fourth-order valence-corrected chi connectivity index (χ4v) is 1.47. The summed E-state index contributed by atoms with van der Waals surface area (Å²) in [6.07, 6.45) is 0.888. The lowest BCUT2D eigenvalue weighted by atomic mass is 10.1.